The van der Waals surface area contributed by atoms with E-state index in [1.54, 1.807) is 12.1 Å². The monoisotopic (exact) mass is 1840 g/mol. The van der Waals surface area contributed by atoms with Crippen molar-refractivity contribution in [2.45, 2.75) is 235 Å². The van der Waals surface area contributed by atoms with Crippen molar-refractivity contribution in [3.8, 4) is 112 Å². The number of aromatic carboxylic acids is 1. The molecule has 0 saturated heterocycles. The van der Waals surface area contributed by atoms with Crippen LogP contribution in [-0.4, -0.2) is 67.4 Å². The molecule has 137 heavy (non-hydrogen) atoms. The number of carboxylic acids is 1. The Morgan fingerprint density at radius 3 is 1.19 bits per heavy atom. The lowest BCUT2D eigenvalue weighted by molar-refractivity contribution is 0.0696. The molecule has 0 fully saturated rings. The molecule has 2 aliphatic rings. The molecule has 0 aliphatic carbocycles. The first kappa shape index (κ1) is 96.8. The summed E-state index contributed by atoms with van der Waals surface area (Å²) in [4.78, 5) is 47.9. The molecule has 13 nitrogen and oxygen atoms in total. The molecule has 7 heterocycles. The number of unbranched alkanes of at least 4 members (excludes halogenated alkanes) is 24. The smallest absolute Gasteiger partial charge is 0.335 e. The van der Waals surface area contributed by atoms with E-state index in [1.807, 2.05) is 48.5 Å². The van der Waals surface area contributed by atoms with Crippen LogP contribution in [0.1, 0.15) is 273 Å². The number of aromatic amines is 2. The fourth-order valence-corrected chi connectivity index (χ4v) is 19.9. The average Bonchev–Trinajstić information content (AvgIpc) is 1.60. The van der Waals surface area contributed by atoms with Gasteiger partial charge in [-0.2, -0.15) is 0 Å². The first-order chi connectivity index (χ1) is 67.3. The van der Waals surface area contributed by atoms with Gasteiger partial charge in [0.15, 0.2) is 0 Å². The number of rotatable bonds is 47. The van der Waals surface area contributed by atoms with Gasteiger partial charge < -0.3 is 38.9 Å². The fourth-order valence-electron chi connectivity index (χ4n) is 18.9. The number of nitrogens with one attached hydrogen (secondary N) is 2. The van der Waals surface area contributed by atoms with E-state index in [4.69, 9.17) is 38.9 Å². The summed E-state index contributed by atoms with van der Waals surface area (Å²) in [5.74, 6) is 9.90. The van der Waals surface area contributed by atoms with Crippen LogP contribution in [0.15, 0.2) is 231 Å². The van der Waals surface area contributed by atoms with Gasteiger partial charge in [0.2, 0.25) is 0 Å². The summed E-state index contributed by atoms with van der Waals surface area (Å²) in [6.45, 7) is 20.1. The van der Waals surface area contributed by atoms with Crippen LogP contribution in [0, 0.1) is 39.5 Å². The number of thiophene rings is 1. The van der Waals surface area contributed by atoms with Crippen molar-refractivity contribution in [2.75, 3.05) is 31.3 Å². The summed E-state index contributed by atoms with van der Waals surface area (Å²) < 4.78 is 27.8. The van der Waals surface area contributed by atoms with Crippen LogP contribution >= 0.6 is 11.3 Å². The van der Waals surface area contributed by atoms with Crippen LogP contribution in [0.2, 0.25) is 0 Å². The van der Waals surface area contributed by atoms with E-state index < -0.39 is 5.97 Å². The van der Waals surface area contributed by atoms with Gasteiger partial charge in [-0.05, 0) is 207 Å². The molecule has 8 bridgehead atoms. The average molecular weight is 1840 g/mol. The van der Waals surface area contributed by atoms with Crippen molar-refractivity contribution in [3.05, 3.63) is 292 Å². The van der Waals surface area contributed by atoms with Gasteiger partial charge in [-0.15, -0.1) is 11.3 Å². The van der Waals surface area contributed by atoms with Crippen molar-refractivity contribution in [1.82, 2.24) is 29.9 Å². The van der Waals surface area contributed by atoms with Gasteiger partial charge >= 0.3 is 5.97 Å². The summed E-state index contributed by atoms with van der Waals surface area (Å²) in [5.41, 5.74) is 26.7. The number of anilines is 3. The molecule has 0 saturated carbocycles. The maximum Gasteiger partial charge on any atom is 0.335 e. The van der Waals surface area contributed by atoms with E-state index in [2.05, 4.69) is 276 Å². The highest BCUT2D eigenvalue weighted by atomic mass is 32.1. The number of benzene rings is 9. The zero-order valence-electron chi connectivity index (χ0n) is 81.5. The molecule has 0 radical (unpaired) electrons. The van der Waals surface area contributed by atoms with Crippen LogP contribution in [0.25, 0.3) is 135 Å². The van der Waals surface area contributed by atoms with Crippen LogP contribution in [0.4, 0.5) is 17.1 Å². The third kappa shape index (κ3) is 24.2. The number of carbonyl (C=O) groups is 1. The van der Waals surface area contributed by atoms with E-state index in [-0.39, 0.29) is 5.56 Å². The lowest BCUT2D eigenvalue weighted by Crippen LogP contribution is -2.12. The minimum absolute atomic E-state index is 0.182. The zero-order chi connectivity index (χ0) is 94.6. The van der Waals surface area contributed by atoms with Crippen molar-refractivity contribution >= 4 is 91.8 Å². The first-order valence-electron chi connectivity index (χ1n) is 50.7. The molecule has 2 aliphatic heterocycles. The lowest BCUT2D eigenvalue weighted by atomic mass is 9.97. The van der Waals surface area contributed by atoms with Crippen molar-refractivity contribution in [2.24, 2.45) is 0 Å². The predicted molar refractivity (Wildman–Crippen MR) is 575 cm³/mol. The maximum atomic E-state index is 12.5. The van der Waals surface area contributed by atoms with Gasteiger partial charge in [0.1, 0.15) is 38.9 Å². The quantitative estimate of drug-likeness (QED) is 0.0246. The third-order valence-corrected chi connectivity index (χ3v) is 27.5. The summed E-state index contributed by atoms with van der Waals surface area (Å²) in [7, 11) is 0. The first-order valence-corrected chi connectivity index (χ1v) is 51.6. The number of fused-ring (bicyclic) bond motifs is 9. The van der Waals surface area contributed by atoms with Gasteiger partial charge in [0.25, 0.3) is 0 Å². The standard InChI is InChI=1S/C123H133N7O6S/c1-9-13-17-21-23-25-27-29-31-41-79-133-108-51-43-45-87(7)113(108)115-102-72-70-100(124-102)99(69-78-112-119-120(122(137-112)93-55-57-94(58-56-93)123(131)132)129-118(92-49-37-34-38-50-92)117(128-119)91-47-35-33-36-48-91)101-71-73-103(125-101)116(114-88(8)46-44-52-109(114)134-80-42-32-30-28-26-24-22-18-14-10-2)105-75-77-107(127-105)121(106-76-74-104(115)126-106)130(95-63-59-89(60-64-95)97-67-53-85(5)83-110(97)135-81-39-19-15-11-3)96-65-61-90(62-66-96)98-68-54-86(6)84-111(98)136-82-40-20-16-12-4/h33-38,43-68,70-77,83-84,124,127H,9-32,39-42,79-82H2,1-8H3,(H,131,132). The maximum absolute atomic E-state index is 12.5. The number of carboxylic acid groups (broad SMARTS) is 1. The Morgan fingerprint density at radius 1 is 0.343 bits per heavy atom. The van der Waals surface area contributed by atoms with E-state index in [9.17, 15) is 9.90 Å². The molecule has 0 unspecified atom stereocenters. The molecule has 9 aromatic carbocycles. The SMILES string of the molecule is CCCCCCCCCCCCOc1cccc(C)c1-c1c2nc(c(N(c3ccc(-c4ccc(C)cc4OCCCCCC)cc3)c3ccc(-c4ccc(C)cc4OCCCCCC)cc3)c3ccc([nH]3)c(-c3c(C)cccc3OCCCCCCCCCCCC)c3nc(c(C#Cc4sc(-c5ccc(C(=O)O)cc5)c5nc(-c6ccccc6)c(-c6ccccc6)nc45)c4ccc1[nH]4)C=C3)C=C2. The molecule has 0 atom stereocenters. The molecule has 0 amide bonds. The molecule has 14 aromatic rings. The minimum atomic E-state index is -1.01. The van der Waals surface area contributed by atoms with Crippen molar-refractivity contribution < 1.29 is 28.8 Å². The van der Waals surface area contributed by atoms with E-state index in [1.165, 1.54) is 127 Å². The Balaban J connectivity index is 0.943. The number of nitrogens with zero attached hydrogens (tertiary/aromatic N) is 5. The van der Waals surface area contributed by atoms with Crippen molar-refractivity contribution in [1.29, 1.82) is 0 Å². The molecule has 5 aromatic heterocycles. The normalized spacial score (nSPS) is 11.6. The highest BCUT2D eigenvalue weighted by Crippen LogP contribution is 2.49. The van der Waals surface area contributed by atoms with Crippen LogP contribution in [-0.2, 0) is 0 Å². The van der Waals surface area contributed by atoms with E-state index in [0.29, 0.717) is 76.4 Å². The predicted octanol–water partition coefficient (Wildman–Crippen LogP) is 34.6. The minimum Gasteiger partial charge on any atom is -0.493 e. The Labute approximate surface area is 815 Å². The number of hydrogen-bond acceptors (Lipinski definition) is 11. The lowest BCUT2D eigenvalue weighted by Gasteiger charge is -2.27. The summed E-state index contributed by atoms with van der Waals surface area (Å²) in [6.07, 6.45) is 41.8. The molecule has 16 rings (SSSR count). The fraction of sp³-hybridized carbons (Fsp3) is 0.325. The molecule has 0 spiro atoms. The van der Waals surface area contributed by atoms with Gasteiger partial charge in [0, 0.05) is 66.9 Å². The number of ether oxygens (including phenoxy) is 4. The Hall–Kier alpha value is -13.4. The van der Waals surface area contributed by atoms with Crippen LogP contribution in [0.3, 0.4) is 0 Å². The second-order valence-corrected chi connectivity index (χ2v) is 37.9. The molecule has 3 N–H and O–H groups in total. The number of H-pyrrole nitrogens is 2. The zero-order valence-corrected chi connectivity index (χ0v) is 82.3. The largest absolute Gasteiger partial charge is 0.493 e. The topological polar surface area (TPSA) is 161 Å². The highest BCUT2D eigenvalue weighted by Gasteiger charge is 2.28. The second-order valence-electron chi connectivity index (χ2n) is 36.9. The second kappa shape index (κ2) is 48.4. The van der Waals surface area contributed by atoms with E-state index in [0.717, 1.165) is 220 Å². The summed E-state index contributed by atoms with van der Waals surface area (Å²) in [5, 5.41) is 10.2. The Bertz CT molecular complexity index is 6570. The van der Waals surface area contributed by atoms with Gasteiger partial charge in [-0.25, -0.2) is 24.7 Å². The van der Waals surface area contributed by atoms with Gasteiger partial charge in [0.05, 0.1) is 93.3 Å². The number of aromatic nitrogens is 6. The van der Waals surface area contributed by atoms with Crippen molar-refractivity contribution in [3.63, 3.8) is 0 Å². The molecule has 14 heteroatoms. The van der Waals surface area contributed by atoms with Crippen LogP contribution in [0.5, 0.6) is 23.0 Å². The van der Waals surface area contributed by atoms with E-state index >= 15 is 0 Å². The summed E-state index contributed by atoms with van der Waals surface area (Å²) >= 11 is 1.49. The number of hydrogen-bond donors (Lipinski definition) is 3. The highest BCUT2D eigenvalue weighted by molar-refractivity contribution is 7.18. The third-order valence-electron chi connectivity index (χ3n) is 26.4. The Kier molecular flexibility index (Phi) is 34.2. The van der Waals surface area contributed by atoms with Gasteiger partial charge in [-0.1, -0.05) is 333 Å². The molecular formula is C123H133N7O6S. The Morgan fingerprint density at radius 2 is 0.730 bits per heavy atom. The number of aryl methyl sites for hydroxylation is 4. The molecular weight excluding hydrogens is 1700 g/mol. The van der Waals surface area contributed by atoms with Gasteiger partial charge in [-0.3, -0.25) is 0 Å². The van der Waals surface area contributed by atoms with Crippen LogP contribution < -0.4 is 23.8 Å². The molecule has 702 valence electrons. The summed E-state index contributed by atoms with van der Waals surface area (Å²) in [6, 6.07) is 80.0.